The zero-order valence-electron chi connectivity index (χ0n) is 4.36. The number of ether oxygens (including phenoxy) is 1. The van der Waals surface area contributed by atoms with E-state index in [0.717, 1.165) is 12.8 Å². The molecule has 2 atom stereocenters. The van der Waals surface area contributed by atoms with Gasteiger partial charge in [0.1, 0.15) is 5.56 Å². The lowest BCUT2D eigenvalue weighted by molar-refractivity contribution is 0.102. The van der Waals surface area contributed by atoms with Crippen molar-refractivity contribution < 1.29 is 4.74 Å². The van der Waals surface area contributed by atoms with Crippen LogP contribution in [0.3, 0.4) is 0 Å². The highest BCUT2D eigenvalue weighted by Crippen LogP contribution is 2.20. The fraction of sp³-hybridized carbons (Fsp3) is 1.00. The summed E-state index contributed by atoms with van der Waals surface area (Å²) in [5.74, 6) is 0. The Morgan fingerprint density at radius 3 is 2.43 bits per heavy atom. The minimum Gasteiger partial charge on any atom is -0.360 e. The molecule has 1 unspecified atom stereocenters. The minimum atomic E-state index is -0.00463. The average Bonchev–Trinajstić information content (AvgIpc) is 1.87. The number of rotatable bonds is 0. The summed E-state index contributed by atoms with van der Waals surface area (Å²) in [6.07, 6.45) is 2.53. The first kappa shape index (κ1) is 5.39. The Morgan fingerprint density at radius 1 is 1.57 bits per heavy atom. The molecule has 1 aliphatic heterocycles. The van der Waals surface area contributed by atoms with Crippen molar-refractivity contribution in [3.8, 4) is 0 Å². The van der Waals surface area contributed by atoms with Crippen LogP contribution in [-0.2, 0) is 4.74 Å². The molecule has 1 heterocycles. The highest BCUT2D eigenvalue weighted by atomic mass is 35.5. The van der Waals surface area contributed by atoms with Crippen molar-refractivity contribution in [2.24, 2.45) is 0 Å². The highest BCUT2D eigenvalue weighted by Gasteiger charge is 2.18. The molecule has 42 valence electrons. The summed E-state index contributed by atoms with van der Waals surface area (Å²) in [5, 5.41) is 0. The summed E-state index contributed by atoms with van der Waals surface area (Å²) in [4.78, 5) is 0. The predicted molar refractivity (Wildman–Crippen MR) is 29.4 cm³/mol. The predicted octanol–water partition coefficient (Wildman–Crippen LogP) is 1.75. The largest absolute Gasteiger partial charge is 0.360 e. The van der Waals surface area contributed by atoms with Gasteiger partial charge in [-0.3, -0.25) is 0 Å². The van der Waals surface area contributed by atoms with Gasteiger partial charge in [0.2, 0.25) is 0 Å². The molecule has 0 N–H and O–H groups in total. The molecule has 0 spiro atoms. The van der Waals surface area contributed by atoms with Crippen LogP contribution in [0, 0.1) is 0 Å². The molecule has 0 saturated carbocycles. The Morgan fingerprint density at radius 2 is 2.29 bits per heavy atom. The topological polar surface area (TPSA) is 9.23 Å². The Bertz CT molecular complexity index is 57.1. The van der Waals surface area contributed by atoms with Crippen molar-refractivity contribution in [2.45, 2.75) is 31.4 Å². The first-order valence-electron chi connectivity index (χ1n) is 2.58. The van der Waals surface area contributed by atoms with E-state index in [2.05, 4.69) is 0 Å². The minimum absolute atomic E-state index is 0.00463. The van der Waals surface area contributed by atoms with Crippen LogP contribution in [-0.4, -0.2) is 11.7 Å². The molecular weight excluding hydrogens is 112 g/mol. The van der Waals surface area contributed by atoms with Crippen LogP contribution in [0.1, 0.15) is 19.8 Å². The normalized spacial score (nSPS) is 42.0. The second kappa shape index (κ2) is 2.01. The van der Waals surface area contributed by atoms with Crippen LogP contribution in [0.5, 0.6) is 0 Å². The Labute approximate surface area is 48.6 Å². The van der Waals surface area contributed by atoms with Gasteiger partial charge < -0.3 is 4.74 Å². The van der Waals surface area contributed by atoms with E-state index in [1.165, 1.54) is 0 Å². The monoisotopic (exact) mass is 120 g/mol. The van der Waals surface area contributed by atoms with Crippen molar-refractivity contribution in [1.29, 1.82) is 0 Å². The van der Waals surface area contributed by atoms with Crippen LogP contribution in [0.15, 0.2) is 0 Å². The van der Waals surface area contributed by atoms with Gasteiger partial charge >= 0.3 is 0 Å². The van der Waals surface area contributed by atoms with Gasteiger partial charge in [0.15, 0.2) is 0 Å². The number of alkyl halides is 1. The number of halogens is 1. The van der Waals surface area contributed by atoms with Crippen LogP contribution in [0.2, 0.25) is 0 Å². The molecule has 0 bridgehead atoms. The summed E-state index contributed by atoms with van der Waals surface area (Å²) in [6.45, 7) is 2.04. The lowest BCUT2D eigenvalue weighted by Crippen LogP contribution is -1.99. The zero-order chi connectivity index (χ0) is 5.28. The summed E-state index contributed by atoms with van der Waals surface area (Å²) in [6, 6.07) is 0. The van der Waals surface area contributed by atoms with E-state index in [-0.39, 0.29) is 5.56 Å². The van der Waals surface area contributed by atoms with E-state index in [0.29, 0.717) is 6.10 Å². The molecule has 0 aromatic heterocycles. The third kappa shape index (κ3) is 1.32. The van der Waals surface area contributed by atoms with E-state index >= 15 is 0 Å². The second-order valence-corrected chi connectivity index (χ2v) is 2.42. The smallest absolute Gasteiger partial charge is 0.131 e. The lowest BCUT2D eigenvalue weighted by Gasteiger charge is -1.99. The van der Waals surface area contributed by atoms with Crippen molar-refractivity contribution in [2.75, 3.05) is 0 Å². The third-order valence-electron chi connectivity index (χ3n) is 1.18. The molecule has 2 heteroatoms. The molecule has 0 aliphatic carbocycles. The zero-order valence-corrected chi connectivity index (χ0v) is 5.11. The molecule has 0 amide bonds. The van der Waals surface area contributed by atoms with Crippen molar-refractivity contribution >= 4 is 11.6 Å². The maximum atomic E-state index is 5.58. The molecule has 7 heavy (non-hydrogen) atoms. The van der Waals surface area contributed by atoms with Crippen LogP contribution in [0.4, 0.5) is 0 Å². The molecular formula is C5H9ClO. The maximum absolute atomic E-state index is 5.58. The van der Waals surface area contributed by atoms with Crippen LogP contribution >= 0.6 is 11.6 Å². The molecule has 1 aliphatic rings. The number of hydrogen-bond acceptors (Lipinski definition) is 1. The average molecular weight is 121 g/mol. The first-order chi connectivity index (χ1) is 3.29. The number of hydrogen-bond donors (Lipinski definition) is 0. The van der Waals surface area contributed by atoms with E-state index in [1.807, 2.05) is 6.92 Å². The molecule has 0 radical (unpaired) electrons. The molecule has 1 fully saturated rings. The van der Waals surface area contributed by atoms with Crippen LogP contribution in [0.25, 0.3) is 0 Å². The fourth-order valence-corrected chi connectivity index (χ4v) is 1.06. The quantitative estimate of drug-likeness (QED) is 0.443. The van der Waals surface area contributed by atoms with Gasteiger partial charge in [-0.1, -0.05) is 11.6 Å². The van der Waals surface area contributed by atoms with E-state index in [1.54, 1.807) is 0 Å². The summed E-state index contributed by atoms with van der Waals surface area (Å²) < 4.78 is 5.13. The lowest BCUT2D eigenvalue weighted by atomic mass is 10.3. The Balaban J connectivity index is 2.26. The first-order valence-corrected chi connectivity index (χ1v) is 3.02. The van der Waals surface area contributed by atoms with Crippen LogP contribution < -0.4 is 0 Å². The van der Waals surface area contributed by atoms with E-state index in [9.17, 15) is 0 Å². The van der Waals surface area contributed by atoms with E-state index < -0.39 is 0 Å². The summed E-state index contributed by atoms with van der Waals surface area (Å²) in [5.41, 5.74) is -0.00463. The van der Waals surface area contributed by atoms with Gasteiger partial charge in [0.05, 0.1) is 6.10 Å². The second-order valence-electron chi connectivity index (χ2n) is 1.93. The SMILES string of the molecule is CC1CC[C@@H](Cl)O1. The standard InChI is InChI=1S/C5H9ClO/c1-4-2-3-5(6)7-4/h4-5H,2-3H2,1H3/t4?,5-/m0/s1. The summed E-state index contributed by atoms with van der Waals surface area (Å²) in [7, 11) is 0. The van der Waals surface area contributed by atoms with Gasteiger partial charge in [0.25, 0.3) is 0 Å². The fourth-order valence-electron chi connectivity index (χ4n) is 0.754. The van der Waals surface area contributed by atoms with Crippen molar-refractivity contribution in [3.63, 3.8) is 0 Å². The van der Waals surface area contributed by atoms with Gasteiger partial charge in [0, 0.05) is 0 Å². The Kier molecular flexibility index (Phi) is 1.55. The Hall–Kier alpha value is 0.250. The van der Waals surface area contributed by atoms with Gasteiger partial charge in [-0.2, -0.15) is 0 Å². The molecule has 1 nitrogen and oxygen atoms in total. The maximum Gasteiger partial charge on any atom is 0.131 e. The van der Waals surface area contributed by atoms with Crippen molar-refractivity contribution in [3.05, 3.63) is 0 Å². The van der Waals surface area contributed by atoms with Gasteiger partial charge in [-0.15, -0.1) is 0 Å². The highest BCUT2D eigenvalue weighted by molar-refractivity contribution is 6.19. The van der Waals surface area contributed by atoms with E-state index in [4.69, 9.17) is 16.3 Å². The van der Waals surface area contributed by atoms with Gasteiger partial charge in [-0.25, -0.2) is 0 Å². The molecule has 1 rings (SSSR count). The summed E-state index contributed by atoms with van der Waals surface area (Å²) >= 11 is 5.58. The van der Waals surface area contributed by atoms with Gasteiger partial charge in [-0.05, 0) is 19.8 Å². The molecule has 0 aromatic carbocycles. The van der Waals surface area contributed by atoms with Crippen molar-refractivity contribution in [1.82, 2.24) is 0 Å². The molecule has 1 saturated heterocycles. The molecule has 0 aromatic rings. The third-order valence-corrected chi connectivity index (χ3v) is 1.50.